The number of aromatic nitrogens is 1. The summed E-state index contributed by atoms with van der Waals surface area (Å²) in [5, 5.41) is 9.72. The fourth-order valence-electron chi connectivity index (χ4n) is 3.03. The van der Waals surface area contributed by atoms with E-state index in [0.717, 1.165) is 5.56 Å². The van der Waals surface area contributed by atoms with E-state index in [9.17, 15) is 18.3 Å². The van der Waals surface area contributed by atoms with Gasteiger partial charge in [-0.15, -0.1) is 0 Å². The fourth-order valence-corrected chi connectivity index (χ4v) is 4.07. The van der Waals surface area contributed by atoms with Crippen LogP contribution in [0.2, 0.25) is 0 Å². The molecular weight excluding hydrogens is 418 g/mol. The van der Waals surface area contributed by atoms with Crippen molar-refractivity contribution in [1.82, 2.24) is 4.98 Å². The molecule has 2 aromatic carbocycles. The van der Waals surface area contributed by atoms with Crippen LogP contribution in [-0.4, -0.2) is 38.1 Å². The normalized spacial score (nSPS) is 11.0. The van der Waals surface area contributed by atoms with Crippen molar-refractivity contribution in [2.75, 3.05) is 23.3 Å². The SMILES string of the molecule is CCN(Cc1ccccc1)c1ncc(NS(=O)(=O)c2ccc(OC)cc2)cc1C(=O)O. The molecule has 1 aromatic heterocycles. The highest BCUT2D eigenvalue weighted by atomic mass is 32.2. The zero-order chi connectivity index (χ0) is 22.4. The van der Waals surface area contributed by atoms with Crippen LogP contribution in [-0.2, 0) is 16.6 Å². The maximum Gasteiger partial charge on any atom is 0.339 e. The standard InChI is InChI=1S/C22H23N3O5S/c1-3-25(15-16-7-5-4-6-8-16)21-20(22(26)27)13-17(14-23-21)24-31(28,29)19-11-9-18(30-2)10-12-19/h4-14,24H,3,15H2,1-2H3,(H,26,27). The summed E-state index contributed by atoms with van der Waals surface area (Å²) in [6.07, 6.45) is 1.32. The van der Waals surface area contributed by atoms with Crippen molar-refractivity contribution in [1.29, 1.82) is 0 Å². The minimum Gasteiger partial charge on any atom is -0.497 e. The Balaban J connectivity index is 1.89. The van der Waals surface area contributed by atoms with Crippen LogP contribution in [0.25, 0.3) is 0 Å². The molecule has 0 atom stereocenters. The molecule has 162 valence electrons. The summed E-state index contributed by atoms with van der Waals surface area (Å²) in [6.45, 7) is 2.90. The molecule has 0 amide bonds. The maximum absolute atomic E-state index is 12.7. The molecule has 0 spiro atoms. The fraction of sp³-hybridized carbons (Fsp3) is 0.182. The van der Waals surface area contributed by atoms with E-state index in [-0.39, 0.29) is 22.0 Å². The van der Waals surface area contributed by atoms with Crippen LogP contribution in [0.4, 0.5) is 11.5 Å². The summed E-state index contributed by atoms with van der Waals surface area (Å²) in [4.78, 5) is 18.0. The van der Waals surface area contributed by atoms with Gasteiger partial charge in [0, 0.05) is 13.1 Å². The van der Waals surface area contributed by atoms with E-state index in [1.165, 1.54) is 43.6 Å². The number of ether oxygens (including phenoxy) is 1. The maximum atomic E-state index is 12.7. The Morgan fingerprint density at radius 3 is 2.39 bits per heavy atom. The second-order valence-corrected chi connectivity index (χ2v) is 8.36. The van der Waals surface area contributed by atoms with Crippen LogP contribution in [0.5, 0.6) is 5.75 Å². The van der Waals surface area contributed by atoms with Gasteiger partial charge in [-0.25, -0.2) is 18.2 Å². The minimum atomic E-state index is -3.92. The zero-order valence-corrected chi connectivity index (χ0v) is 18.0. The first-order valence-corrected chi connectivity index (χ1v) is 11.0. The van der Waals surface area contributed by atoms with Crippen molar-refractivity contribution in [3.8, 4) is 5.75 Å². The number of hydrogen-bond donors (Lipinski definition) is 2. The van der Waals surface area contributed by atoms with Gasteiger partial charge in [-0.05, 0) is 42.8 Å². The number of nitrogens with zero attached hydrogens (tertiary/aromatic N) is 2. The number of nitrogens with one attached hydrogen (secondary N) is 1. The van der Waals surface area contributed by atoms with Crippen LogP contribution in [0.3, 0.4) is 0 Å². The molecule has 1 heterocycles. The molecule has 0 fully saturated rings. The Morgan fingerprint density at radius 1 is 1.13 bits per heavy atom. The summed E-state index contributed by atoms with van der Waals surface area (Å²) in [5.41, 5.74) is 0.979. The van der Waals surface area contributed by atoms with Crippen LogP contribution < -0.4 is 14.4 Å². The summed E-state index contributed by atoms with van der Waals surface area (Å²) in [6, 6.07) is 16.8. The second-order valence-electron chi connectivity index (χ2n) is 6.68. The van der Waals surface area contributed by atoms with E-state index in [4.69, 9.17) is 4.74 Å². The minimum absolute atomic E-state index is 0.0218. The Labute approximate surface area is 181 Å². The van der Waals surface area contributed by atoms with Crippen LogP contribution in [0.15, 0.2) is 71.8 Å². The average molecular weight is 442 g/mol. The smallest absolute Gasteiger partial charge is 0.339 e. The first-order chi connectivity index (χ1) is 14.8. The van der Waals surface area contributed by atoms with Crippen LogP contribution >= 0.6 is 0 Å². The first kappa shape index (κ1) is 22.1. The van der Waals surface area contributed by atoms with Crippen molar-refractivity contribution in [3.05, 3.63) is 78.0 Å². The number of carboxylic acids is 1. The van der Waals surface area contributed by atoms with E-state index in [2.05, 4.69) is 9.71 Å². The number of methoxy groups -OCH3 is 1. The number of rotatable bonds is 9. The summed E-state index contributed by atoms with van der Waals surface area (Å²) in [5.74, 6) is -0.401. The number of anilines is 2. The molecular formula is C22H23N3O5S. The number of pyridine rings is 1. The molecule has 0 saturated heterocycles. The van der Waals surface area contributed by atoms with Gasteiger partial charge >= 0.3 is 5.97 Å². The Hall–Kier alpha value is -3.59. The molecule has 0 radical (unpaired) electrons. The summed E-state index contributed by atoms with van der Waals surface area (Å²) >= 11 is 0. The highest BCUT2D eigenvalue weighted by Gasteiger charge is 2.21. The third-order valence-corrected chi connectivity index (χ3v) is 6.01. The van der Waals surface area contributed by atoms with Gasteiger partial charge in [0.15, 0.2) is 0 Å². The van der Waals surface area contributed by atoms with Gasteiger partial charge in [0.05, 0.1) is 23.9 Å². The second kappa shape index (κ2) is 9.48. The molecule has 0 saturated carbocycles. The van der Waals surface area contributed by atoms with Crippen molar-refractivity contribution < 1.29 is 23.1 Å². The molecule has 9 heteroatoms. The molecule has 0 bridgehead atoms. The lowest BCUT2D eigenvalue weighted by molar-refractivity contribution is 0.0697. The Bertz CT molecular complexity index is 1150. The molecule has 0 aliphatic carbocycles. The molecule has 3 aromatic rings. The van der Waals surface area contributed by atoms with Gasteiger partial charge in [0.2, 0.25) is 0 Å². The number of carbonyl (C=O) groups is 1. The van der Waals surface area contributed by atoms with E-state index in [1.54, 1.807) is 0 Å². The topological polar surface area (TPSA) is 109 Å². The predicted molar refractivity (Wildman–Crippen MR) is 118 cm³/mol. The average Bonchev–Trinajstić information content (AvgIpc) is 2.78. The Kier molecular flexibility index (Phi) is 6.76. The molecule has 31 heavy (non-hydrogen) atoms. The monoisotopic (exact) mass is 441 g/mol. The predicted octanol–water partition coefficient (Wildman–Crippen LogP) is 3.62. The van der Waals surface area contributed by atoms with Crippen molar-refractivity contribution in [2.24, 2.45) is 0 Å². The van der Waals surface area contributed by atoms with Crippen molar-refractivity contribution >= 4 is 27.5 Å². The largest absolute Gasteiger partial charge is 0.497 e. The van der Waals surface area contributed by atoms with Gasteiger partial charge in [-0.2, -0.15) is 0 Å². The lowest BCUT2D eigenvalue weighted by Gasteiger charge is -2.24. The third kappa shape index (κ3) is 5.32. The third-order valence-electron chi connectivity index (χ3n) is 4.62. The molecule has 0 aliphatic rings. The van der Waals surface area contributed by atoms with E-state index >= 15 is 0 Å². The number of hydrogen-bond acceptors (Lipinski definition) is 6. The van der Waals surface area contributed by atoms with E-state index < -0.39 is 16.0 Å². The highest BCUT2D eigenvalue weighted by Crippen LogP contribution is 2.25. The van der Waals surface area contributed by atoms with Gasteiger partial charge in [-0.1, -0.05) is 30.3 Å². The molecule has 0 aliphatic heterocycles. The van der Waals surface area contributed by atoms with Crippen molar-refractivity contribution in [3.63, 3.8) is 0 Å². The summed E-state index contributed by atoms with van der Waals surface area (Å²) in [7, 11) is -2.43. The number of aromatic carboxylic acids is 1. The Morgan fingerprint density at radius 2 is 1.81 bits per heavy atom. The van der Waals surface area contributed by atoms with Crippen LogP contribution in [0, 0.1) is 0 Å². The first-order valence-electron chi connectivity index (χ1n) is 9.53. The van der Waals surface area contributed by atoms with E-state index in [0.29, 0.717) is 18.8 Å². The number of carboxylic acid groups (broad SMARTS) is 1. The lowest BCUT2D eigenvalue weighted by atomic mass is 10.2. The van der Waals surface area contributed by atoms with Gasteiger partial charge in [0.1, 0.15) is 17.1 Å². The quantitative estimate of drug-likeness (QED) is 0.522. The van der Waals surface area contributed by atoms with Gasteiger partial charge in [-0.3, -0.25) is 4.72 Å². The summed E-state index contributed by atoms with van der Waals surface area (Å²) < 4.78 is 32.7. The van der Waals surface area contributed by atoms with Gasteiger partial charge < -0.3 is 14.7 Å². The number of benzene rings is 2. The zero-order valence-electron chi connectivity index (χ0n) is 17.1. The van der Waals surface area contributed by atoms with E-state index in [1.807, 2.05) is 42.2 Å². The number of sulfonamides is 1. The molecule has 8 nitrogen and oxygen atoms in total. The van der Waals surface area contributed by atoms with Crippen LogP contribution in [0.1, 0.15) is 22.8 Å². The van der Waals surface area contributed by atoms with Crippen molar-refractivity contribution in [2.45, 2.75) is 18.4 Å². The lowest BCUT2D eigenvalue weighted by Crippen LogP contribution is -2.25. The molecule has 3 rings (SSSR count). The molecule has 2 N–H and O–H groups in total. The highest BCUT2D eigenvalue weighted by molar-refractivity contribution is 7.92. The molecule has 0 unspecified atom stereocenters. The van der Waals surface area contributed by atoms with Gasteiger partial charge in [0.25, 0.3) is 10.0 Å².